The van der Waals surface area contributed by atoms with E-state index < -0.39 is 5.54 Å². The molecule has 0 amide bonds. The molecule has 1 fully saturated rings. The van der Waals surface area contributed by atoms with Gasteiger partial charge in [0, 0.05) is 12.6 Å². The quantitative estimate of drug-likeness (QED) is 0.540. The van der Waals surface area contributed by atoms with E-state index in [2.05, 4.69) is 17.1 Å². The lowest BCUT2D eigenvalue weighted by Gasteiger charge is -2.33. The minimum Gasteiger partial charge on any atom is -0.465 e. The standard InChI is InChI=1S/C15H30N2O3/c1-5-20-14(18)15(3,16-4)8-6-7-9-17-10-11-19-12-13(17)2/h13,16H,5-12H2,1-4H3. The summed E-state index contributed by atoms with van der Waals surface area (Å²) in [6, 6.07) is 0.504. The number of morpholine rings is 1. The van der Waals surface area contributed by atoms with Crippen molar-refractivity contribution in [2.75, 3.05) is 40.0 Å². The minimum absolute atomic E-state index is 0.151. The molecular weight excluding hydrogens is 256 g/mol. The number of carbonyl (C=O) groups is 1. The Balaban J connectivity index is 2.29. The number of hydrogen-bond acceptors (Lipinski definition) is 5. The highest BCUT2D eigenvalue weighted by Gasteiger charge is 2.32. The van der Waals surface area contributed by atoms with Crippen LogP contribution in [-0.2, 0) is 14.3 Å². The van der Waals surface area contributed by atoms with Crippen molar-refractivity contribution in [2.24, 2.45) is 0 Å². The summed E-state index contributed by atoms with van der Waals surface area (Å²) in [6.45, 7) is 10.2. The second kappa shape index (κ2) is 8.60. The maximum absolute atomic E-state index is 11.9. The van der Waals surface area contributed by atoms with Crippen molar-refractivity contribution < 1.29 is 14.3 Å². The van der Waals surface area contributed by atoms with E-state index in [-0.39, 0.29) is 5.97 Å². The summed E-state index contributed by atoms with van der Waals surface area (Å²) in [5.74, 6) is -0.151. The van der Waals surface area contributed by atoms with E-state index >= 15 is 0 Å². The number of unbranched alkanes of at least 4 members (excludes halogenated alkanes) is 1. The number of likely N-dealkylation sites (N-methyl/N-ethyl adjacent to an activating group) is 1. The zero-order valence-electron chi connectivity index (χ0n) is 13.4. The van der Waals surface area contributed by atoms with Crippen molar-refractivity contribution in [1.29, 1.82) is 0 Å². The van der Waals surface area contributed by atoms with E-state index in [0.717, 1.165) is 45.6 Å². The number of hydrogen-bond donors (Lipinski definition) is 1. The molecule has 0 aromatic rings. The third kappa shape index (κ3) is 5.04. The van der Waals surface area contributed by atoms with Gasteiger partial charge in [0.25, 0.3) is 0 Å². The summed E-state index contributed by atoms with van der Waals surface area (Å²) in [4.78, 5) is 14.4. The third-order valence-electron chi connectivity index (χ3n) is 4.16. The Morgan fingerprint density at radius 1 is 1.50 bits per heavy atom. The largest absolute Gasteiger partial charge is 0.465 e. The summed E-state index contributed by atoms with van der Waals surface area (Å²) in [7, 11) is 1.82. The molecule has 2 unspecified atom stereocenters. The van der Waals surface area contributed by atoms with Gasteiger partial charge in [0.1, 0.15) is 5.54 Å². The summed E-state index contributed by atoms with van der Waals surface area (Å²) < 4.78 is 10.6. The first-order chi connectivity index (χ1) is 9.53. The predicted molar refractivity (Wildman–Crippen MR) is 79.8 cm³/mol. The second-order valence-corrected chi connectivity index (χ2v) is 5.72. The highest BCUT2D eigenvalue weighted by atomic mass is 16.5. The molecule has 118 valence electrons. The van der Waals surface area contributed by atoms with Crippen molar-refractivity contribution in [3.05, 3.63) is 0 Å². The van der Waals surface area contributed by atoms with Gasteiger partial charge in [-0.1, -0.05) is 0 Å². The molecule has 0 aromatic heterocycles. The van der Waals surface area contributed by atoms with Crippen LogP contribution in [0.2, 0.25) is 0 Å². The van der Waals surface area contributed by atoms with Gasteiger partial charge < -0.3 is 14.8 Å². The van der Waals surface area contributed by atoms with E-state index in [9.17, 15) is 4.79 Å². The SMILES string of the molecule is CCOC(=O)C(C)(CCCCN1CCOCC1C)NC. The third-order valence-corrected chi connectivity index (χ3v) is 4.16. The van der Waals surface area contributed by atoms with Gasteiger partial charge in [-0.05, 0) is 53.6 Å². The van der Waals surface area contributed by atoms with Crippen molar-refractivity contribution in [2.45, 2.75) is 51.6 Å². The fourth-order valence-electron chi connectivity index (χ4n) is 2.51. The molecule has 1 heterocycles. The molecular formula is C15H30N2O3. The van der Waals surface area contributed by atoms with Crippen LogP contribution >= 0.6 is 0 Å². The van der Waals surface area contributed by atoms with Gasteiger partial charge in [0.05, 0.1) is 19.8 Å². The van der Waals surface area contributed by atoms with E-state index in [4.69, 9.17) is 9.47 Å². The molecule has 2 atom stereocenters. The van der Waals surface area contributed by atoms with Gasteiger partial charge in [0.2, 0.25) is 0 Å². The Morgan fingerprint density at radius 2 is 2.25 bits per heavy atom. The molecule has 5 nitrogen and oxygen atoms in total. The lowest BCUT2D eigenvalue weighted by molar-refractivity contribution is -0.150. The van der Waals surface area contributed by atoms with Gasteiger partial charge in [-0.2, -0.15) is 0 Å². The van der Waals surface area contributed by atoms with Crippen molar-refractivity contribution in [1.82, 2.24) is 10.2 Å². The molecule has 5 heteroatoms. The van der Waals surface area contributed by atoms with Crippen molar-refractivity contribution in [3.8, 4) is 0 Å². The van der Waals surface area contributed by atoms with Crippen LogP contribution in [0.1, 0.15) is 40.0 Å². The number of rotatable bonds is 8. The van der Waals surface area contributed by atoms with E-state index in [1.165, 1.54) is 0 Å². The maximum atomic E-state index is 11.9. The fraction of sp³-hybridized carbons (Fsp3) is 0.933. The smallest absolute Gasteiger partial charge is 0.326 e. The molecule has 0 bridgehead atoms. The first-order valence-electron chi connectivity index (χ1n) is 7.71. The zero-order chi connectivity index (χ0) is 15.0. The fourth-order valence-corrected chi connectivity index (χ4v) is 2.51. The molecule has 1 N–H and O–H groups in total. The lowest BCUT2D eigenvalue weighted by Crippen LogP contribution is -2.48. The Hall–Kier alpha value is -0.650. The van der Waals surface area contributed by atoms with Crippen LogP contribution < -0.4 is 5.32 Å². The molecule has 0 spiro atoms. The maximum Gasteiger partial charge on any atom is 0.326 e. The van der Waals surface area contributed by atoms with Crippen LogP contribution in [-0.4, -0.2) is 62.4 Å². The molecule has 1 saturated heterocycles. The molecule has 0 radical (unpaired) electrons. The van der Waals surface area contributed by atoms with Crippen LogP contribution in [0.4, 0.5) is 0 Å². The second-order valence-electron chi connectivity index (χ2n) is 5.72. The Labute approximate surface area is 123 Å². The van der Waals surface area contributed by atoms with E-state index in [0.29, 0.717) is 12.6 Å². The summed E-state index contributed by atoms with van der Waals surface area (Å²) in [6.07, 6.45) is 2.92. The summed E-state index contributed by atoms with van der Waals surface area (Å²) in [5, 5.41) is 3.10. The monoisotopic (exact) mass is 286 g/mol. The average molecular weight is 286 g/mol. The van der Waals surface area contributed by atoms with E-state index in [1.54, 1.807) is 0 Å². The summed E-state index contributed by atoms with van der Waals surface area (Å²) >= 11 is 0. The van der Waals surface area contributed by atoms with Crippen molar-refractivity contribution in [3.63, 3.8) is 0 Å². The lowest BCUT2D eigenvalue weighted by atomic mass is 9.95. The summed E-state index contributed by atoms with van der Waals surface area (Å²) in [5.41, 5.74) is -0.563. The number of nitrogens with one attached hydrogen (secondary N) is 1. The van der Waals surface area contributed by atoms with Gasteiger partial charge >= 0.3 is 5.97 Å². The van der Waals surface area contributed by atoms with Crippen LogP contribution in [0.5, 0.6) is 0 Å². The predicted octanol–water partition coefficient (Wildman–Crippen LogP) is 1.42. The normalized spacial score (nSPS) is 23.3. The zero-order valence-corrected chi connectivity index (χ0v) is 13.4. The molecule has 1 rings (SSSR count). The van der Waals surface area contributed by atoms with Gasteiger partial charge in [-0.15, -0.1) is 0 Å². The highest BCUT2D eigenvalue weighted by molar-refractivity contribution is 5.80. The molecule has 0 saturated carbocycles. The van der Waals surface area contributed by atoms with E-state index in [1.807, 2.05) is 20.9 Å². The average Bonchev–Trinajstić information content (AvgIpc) is 2.45. The molecule has 0 aliphatic carbocycles. The van der Waals surface area contributed by atoms with Crippen molar-refractivity contribution >= 4 is 5.97 Å². The minimum atomic E-state index is -0.563. The first-order valence-corrected chi connectivity index (χ1v) is 7.71. The molecule has 1 aliphatic rings. The number of esters is 1. The topological polar surface area (TPSA) is 50.8 Å². The van der Waals surface area contributed by atoms with Gasteiger partial charge in [-0.25, -0.2) is 0 Å². The van der Waals surface area contributed by atoms with Crippen LogP contribution in [0.15, 0.2) is 0 Å². The number of nitrogens with zero attached hydrogens (tertiary/aromatic N) is 1. The first kappa shape index (κ1) is 17.4. The number of carbonyl (C=O) groups excluding carboxylic acids is 1. The molecule has 1 aliphatic heterocycles. The highest BCUT2D eigenvalue weighted by Crippen LogP contribution is 2.16. The van der Waals surface area contributed by atoms with Crippen LogP contribution in [0.3, 0.4) is 0 Å². The van der Waals surface area contributed by atoms with Crippen LogP contribution in [0.25, 0.3) is 0 Å². The Morgan fingerprint density at radius 3 is 2.85 bits per heavy atom. The Kier molecular flexibility index (Phi) is 7.48. The van der Waals surface area contributed by atoms with Gasteiger partial charge in [-0.3, -0.25) is 9.69 Å². The Bertz CT molecular complexity index is 299. The van der Waals surface area contributed by atoms with Crippen LogP contribution in [0, 0.1) is 0 Å². The molecule has 0 aromatic carbocycles. The molecule has 20 heavy (non-hydrogen) atoms. The number of ether oxygens (including phenoxy) is 2. The van der Waals surface area contributed by atoms with Gasteiger partial charge in [0.15, 0.2) is 0 Å².